The topological polar surface area (TPSA) is 99.1 Å². The molecule has 0 fully saturated rings. The molecule has 0 spiro atoms. The van der Waals surface area contributed by atoms with Crippen LogP contribution in [0.15, 0.2) is 56.7 Å². The SMILES string of the molecule is CCn1c(=O)c(C(=O)NCc2ccco2)nn(-c2ccc(Cl)cc2)c1=O. The van der Waals surface area contributed by atoms with Crippen molar-refractivity contribution in [2.75, 3.05) is 0 Å². The van der Waals surface area contributed by atoms with Gasteiger partial charge < -0.3 is 9.73 Å². The monoisotopic (exact) mass is 374 g/mol. The summed E-state index contributed by atoms with van der Waals surface area (Å²) in [6.07, 6.45) is 1.48. The highest BCUT2D eigenvalue weighted by molar-refractivity contribution is 6.30. The molecule has 1 aromatic carbocycles. The Labute approximate surface area is 152 Å². The van der Waals surface area contributed by atoms with Crippen molar-refractivity contribution in [2.45, 2.75) is 20.0 Å². The largest absolute Gasteiger partial charge is 0.467 e. The molecular weight excluding hydrogens is 360 g/mol. The summed E-state index contributed by atoms with van der Waals surface area (Å²) in [5, 5.41) is 7.01. The smallest absolute Gasteiger partial charge is 0.352 e. The average Bonchev–Trinajstić information content (AvgIpc) is 3.15. The van der Waals surface area contributed by atoms with Crippen LogP contribution in [-0.2, 0) is 13.1 Å². The fraction of sp³-hybridized carbons (Fsp3) is 0.176. The van der Waals surface area contributed by atoms with Crippen LogP contribution in [0.4, 0.5) is 0 Å². The van der Waals surface area contributed by atoms with E-state index < -0.39 is 17.2 Å². The number of halogens is 1. The van der Waals surface area contributed by atoms with E-state index in [0.717, 1.165) is 9.25 Å². The number of nitrogens with zero attached hydrogens (tertiary/aromatic N) is 3. The van der Waals surface area contributed by atoms with E-state index in [0.29, 0.717) is 16.5 Å². The van der Waals surface area contributed by atoms with Gasteiger partial charge in [-0.3, -0.25) is 14.2 Å². The number of benzene rings is 1. The lowest BCUT2D eigenvalue weighted by atomic mass is 10.3. The average molecular weight is 375 g/mol. The molecule has 2 heterocycles. The van der Waals surface area contributed by atoms with Crippen molar-refractivity contribution in [3.63, 3.8) is 0 Å². The molecule has 134 valence electrons. The summed E-state index contributed by atoms with van der Waals surface area (Å²) in [5.74, 6) is -0.170. The van der Waals surface area contributed by atoms with Crippen LogP contribution in [0, 0.1) is 0 Å². The lowest BCUT2D eigenvalue weighted by Crippen LogP contribution is -2.45. The zero-order valence-electron chi connectivity index (χ0n) is 13.8. The molecule has 3 rings (SSSR count). The van der Waals surface area contributed by atoms with Gasteiger partial charge >= 0.3 is 5.69 Å². The van der Waals surface area contributed by atoms with Crippen LogP contribution in [-0.4, -0.2) is 20.3 Å². The second-order valence-electron chi connectivity index (χ2n) is 5.33. The van der Waals surface area contributed by atoms with E-state index in [1.807, 2.05) is 0 Å². The maximum Gasteiger partial charge on any atom is 0.352 e. The molecule has 0 bridgehead atoms. The molecule has 8 nitrogen and oxygen atoms in total. The fourth-order valence-electron chi connectivity index (χ4n) is 2.35. The third kappa shape index (κ3) is 3.45. The Balaban J connectivity index is 2.03. The molecule has 0 saturated heterocycles. The van der Waals surface area contributed by atoms with Gasteiger partial charge in [-0.05, 0) is 43.3 Å². The van der Waals surface area contributed by atoms with Gasteiger partial charge in [-0.1, -0.05) is 11.6 Å². The van der Waals surface area contributed by atoms with Gasteiger partial charge in [-0.25, -0.2) is 4.79 Å². The number of hydrogen-bond donors (Lipinski definition) is 1. The van der Waals surface area contributed by atoms with Gasteiger partial charge in [0, 0.05) is 11.6 Å². The van der Waals surface area contributed by atoms with Crippen molar-refractivity contribution in [2.24, 2.45) is 0 Å². The number of nitrogens with one attached hydrogen (secondary N) is 1. The molecule has 0 radical (unpaired) electrons. The summed E-state index contributed by atoms with van der Waals surface area (Å²) >= 11 is 5.86. The first-order valence-corrected chi connectivity index (χ1v) is 8.19. The number of carbonyl (C=O) groups excluding carboxylic acids is 1. The van der Waals surface area contributed by atoms with E-state index in [1.165, 1.54) is 6.26 Å². The summed E-state index contributed by atoms with van der Waals surface area (Å²) < 4.78 is 7.08. The molecule has 0 aliphatic carbocycles. The Bertz CT molecular complexity index is 1040. The first-order valence-electron chi connectivity index (χ1n) is 7.82. The molecule has 9 heteroatoms. The van der Waals surface area contributed by atoms with E-state index in [4.69, 9.17) is 16.0 Å². The second-order valence-corrected chi connectivity index (χ2v) is 5.77. The number of aromatic nitrogens is 3. The van der Waals surface area contributed by atoms with Crippen LogP contribution in [0.1, 0.15) is 23.2 Å². The molecule has 3 aromatic rings. The maximum atomic E-state index is 12.5. The van der Waals surface area contributed by atoms with Crippen molar-refractivity contribution < 1.29 is 9.21 Å². The van der Waals surface area contributed by atoms with Crippen molar-refractivity contribution in [1.82, 2.24) is 19.7 Å². The standard InChI is InChI=1S/C17H15ClN4O4/c1-2-21-16(24)14(15(23)19-10-13-4-3-9-26-13)20-22(17(21)25)12-7-5-11(18)6-8-12/h3-9H,2,10H2,1H3,(H,19,23). The molecule has 26 heavy (non-hydrogen) atoms. The molecule has 1 N–H and O–H groups in total. The quantitative estimate of drug-likeness (QED) is 0.731. The minimum atomic E-state index is -0.750. The number of hydrogen-bond acceptors (Lipinski definition) is 5. The molecule has 0 atom stereocenters. The van der Waals surface area contributed by atoms with Crippen molar-refractivity contribution in [3.05, 3.63) is 80.0 Å². The predicted octanol–water partition coefficient (Wildman–Crippen LogP) is 1.59. The third-order valence-electron chi connectivity index (χ3n) is 3.67. The van der Waals surface area contributed by atoms with Gasteiger partial charge in [-0.15, -0.1) is 0 Å². The Kier molecular flexibility index (Phi) is 5.04. The van der Waals surface area contributed by atoms with E-state index >= 15 is 0 Å². The third-order valence-corrected chi connectivity index (χ3v) is 3.92. The Morgan fingerprint density at radius 2 is 1.96 bits per heavy atom. The van der Waals surface area contributed by atoms with Crippen molar-refractivity contribution in [1.29, 1.82) is 0 Å². The van der Waals surface area contributed by atoms with E-state index in [1.54, 1.807) is 43.3 Å². The van der Waals surface area contributed by atoms with Gasteiger partial charge in [0.25, 0.3) is 11.5 Å². The van der Waals surface area contributed by atoms with E-state index in [9.17, 15) is 14.4 Å². The van der Waals surface area contributed by atoms with Crippen molar-refractivity contribution in [3.8, 4) is 5.69 Å². The normalized spacial score (nSPS) is 10.7. The first kappa shape index (κ1) is 17.7. The molecule has 0 aliphatic rings. The molecule has 0 unspecified atom stereocenters. The number of amides is 1. The maximum absolute atomic E-state index is 12.5. The lowest BCUT2D eigenvalue weighted by Gasteiger charge is -2.10. The highest BCUT2D eigenvalue weighted by Gasteiger charge is 2.19. The van der Waals surface area contributed by atoms with Gasteiger partial charge in [0.05, 0.1) is 18.5 Å². The number of carbonyl (C=O) groups is 1. The van der Waals surface area contributed by atoms with Gasteiger partial charge in [0.15, 0.2) is 0 Å². The number of furan rings is 1. The zero-order valence-corrected chi connectivity index (χ0v) is 14.6. The van der Waals surface area contributed by atoms with Crippen LogP contribution >= 0.6 is 11.6 Å². The van der Waals surface area contributed by atoms with Crippen molar-refractivity contribution >= 4 is 17.5 Å². The summed E-state index contributed by atoms with van der Waals surface area (Å²) in [4.78, 5) is 37.4. The van der Waals surface area contributed by atoms with Crippen LogP contribution in [0.25, 0.3) is 5.69 Å². The molecular formula is C17H15ClN4O4. The second kappa shape index (κ2) is 7.40. The zero-order chi connectivity index (χ0) is 18.7. The van der Waals surface area contributed by atoms with E-state index in [2.05, 4.69) is 10.4 Å². The van der Waals surface area contributed by atoms with Crippen LogP contribution in [0.5, 0.6) is 0 Å². The molecule has 1 amide bonds. The van der Waals surface area contributed by atoms with Crippen LogP contribution in [0.3, 0.4) is 0 Å². The molecule has 0 aliphatic heterocycles. The minimum absolute atomic E-state index is 0.0964. The van der Waals surface area contributed by atoms with Gasteiger partial charge in [0.1, 0.15) is 5.76 Å². The Morgan fingerprint density at radius 3 is 2.58 bits per heavy atom. The summed E-state index contributed by atoms with van der Waals surface area (Å²) in [5.41, 5.74) is -1.38. The predicted molar refractivity (Wildman–Crippen MR) is 94.7 cm³/mol. The molecule has 0 saturated carbocycles. The Hall–Kier alpha value is -3.13. The summed E-state index contributed by atoms with van der Waals surface area (Å²) in [6, 6.07) is 9.70. The minimum Gasteiger partial charge on any atom is -0.467 e. The summed E-state index contributed by atoms with van der Waals surface area (Å²) in [6.45, 7) is 1.84. The summed E-state index contributed by atoms with van der Waals surface area (Å²) in [7, 11) is 0. The Morgan fingerprint density at radius 1 is 1.23 bits per heavy atom. The molecule has 2 aromatic heterocycles. The lowest BCUT2D eigenvalue weighted by molar-refractivity contribution is 0.0938. The number of rotatable bonds is 5. The van der Waals surface area contributed by atoms with Gasteiger partial charge in [-0.2, -0.15) is 9.78 Å². The van der Waals surface area contributed by atoms with Crippen LogP contribution in [0.2, 0.25) is 5.02 Å². The highest BCUT2D eigenvalue weighted by Crippen LogP contribution is 2.11. The van der Waals surface area contributed by atoms with Gasteiger partial charge in [0.2, 0.25) is 5.69 Å². The fourth-order valence-corrected chi connectivity index (χ4v) is 2.48. The van der Waals surface area contributed by atoms with E-state index in [-0.39, 0.29) is 18.8 Å². The van der Waals surface area contributed by atoms with Crippen LogP contribution < -0.4 is 16.6 Å². The first-order chi connectivity index (χ1) is 12.5. The highest BCUT2D eigenvalue weighted by atomic mass is 35.5.